The Morgan fingerprint density at radius 1 is 1.39 bits per heavy atom. The van der Waals surface area contributed by atoms with E-state index in [0.29, 0.717) is 0 Å². The second kappa shape index (κ2) is 3.19. The van der Waals surface area contributed by atoms with Gasteiger partial charge in [0.25, 0.3) is 0 Å². The molecule has 3 fully saturated rings. The summed E-state index contributed by atoms with van der Waals surface area (Å²) in [5.74, 6) is 0.0857. The van der Waals surface area contributed by atoms with E-state index in [1.807, 2.05) is 13.8 Å². The Morgan fingerprint density at radius 3 is 2.39 bits per heavy atom. The number of sulfone groups is 1. The lowest BCUT2D eigenvalue weighted by molar-refractivity contribution is 0.0714. The van der Waals surface area contributed by atoms with Gasteiger partial charge in [0.15, 0.2) is 4.33 Å². The summed E-state index contributed by atoms with van der Waals surface area (Å²) in [4.78, 5) is 5.41. The molecule has 2 aliphatic carbocycles. The molecule has 3 rings (SSSR count). The van der Waals surface area contributed by atoms with Crippen LogP contribution in [0.15, 0.2) is 0 Å². The number of hydrogen-bond donors (Lipinski definition) is 1. The minimum atomic E-state index is -3.14. The van der Waals surface area contributed by atoms with Crippen molar-refractivity contribution in [3.8, 4) is 0 Å². The topological polar surface area (TPSA) is 68.6 Å². The van der Waals surface area contributed by atoms with Crippen molar-refractivity contribution in [3.63, 3.8) is 0 Å². The molecule has 1 spiro atoms. The number of fused-ring (bicyclic) bond motifs is 3. The summed E-state index contributed by atoms with van der Waals surface area (Å²) in [6, 6.07) is 0. The zero-order chi connectivity index (χ0) is 13.6. The lowest BCUT2D eigenvalue weighted by Crippen LogP contribution is -2.53. The van der Waals surface area contributed by atoms with E-state index < -0.39 is 25.3 Å². The normalized spacial score (nSPS) is 47.7. The van der Waals surface area contributed by atoms with E-state index in [1.165, 1.54) is 6.26 Å². The van der Waals surface area contributed by atoms with Gasteiger partial charge in [-0.3, -0.25) is 4.84 Å². The van der Waals surface area contributed by atoms with Gasteiger partial charge in [0.05, 0.1) is 5.75 Å². The molecule has 0 aromatic heterocycles. The first-order chi connectivity index (χ1) is 8.00. The summed E-state index contributed by atoms with van der Waals surface area (Å²) >= 11 is 13.0. The maximum Gasteiger partial charge on any atom is 0.201 e. The molecule has 104 valence electrons. The molecule has 3 atom stereocenters. The van der Waals surface area contributed by atoms with Crippen molar-refractivity contribution in [1.82, 2.24) is 5.48 Å². The lowest BCUT2D eigenvalue weighted by atomic mass is 9.68. The summed E-state index contributed by atoms with van der Waals surface area (Å²) in [6.07, 6.45) is 2.86. The predicted octanol–water partition coefficient (Wildman–Crippen LogP) is 1.87. The molecule has 4 nitrogen and oxygen atoms in total. The molecule has 3 aliphatic rings. The number of nitrogens with one attached hydrogen (secondary N) is 1. The Morgan fingerprint density at radius 2 is 1.94 bits per heavy atom. The third-order valence-corrected chi connectivity index (χ3v) is 7.44. The van der Waals surface area contributed by atoms with Gasteiger partial charge in [0.1, 0.15) is 9.84 Å². The average molecular weight is 314 g/mol. The van der Waals surface area contributed by atoms with Gasteiger partial charge in [-0.2, -0.15) is 5.48 Å². The lowest BCUT2D eigenvalue weighted by Gasteiger charge is -2.40. The van der Waals surface area contributed by atoms with Gasteiger partial charge in [-0.1, -0.05) is 37.0 Å². The highest BCUT2D eigenvalue weighted by atomic mass is 35.5. The van der Waals surface area contributed by atoms with Crippen LogP contribution in [0.25, 0.3) is 0 Å². The maximum absolute atomic E-state index is 11.8. The number of hydroxylamine groups is 1. The Hall–Kier alpha value is 0.450. The van der Waals surface area contributed by atoms with E-state index in [1.54, 1.807) is 0 Å². The van der Waals surface area contributed by atoms with Crippen LogP contribution in [-0.2, 0) is 14.7 Å². The van der Waals surface area contributed by atoms with Gasteiger partial charge in [0, 0.05) is 17.6 Å². The second-order valence-corrected chi connectivity index (χ2v) is 10.00. The first-order valence-electron chi connectivity index (χ1n) is 6.01. The number of hydrogen-bond acceptors (Lipinski definition) is 4. The SMILES string of the molecule is CC1(C)C2CCC1(CS(C)(=O)=O)C1(NO1)C2(Cl)Cl. The standard InChI is InChI=1S/C11H17Cl2NO3S/c1-8(2)7-4-5-9(8,6-18(3,15)16)11(14-17-11)10(7,12)13/h7,14H,4-6H2,1-3H3. The minimum absolute atomic E-state index is 0.0325. The quantitative estimate of drug-likeness (QED) is 0.624. The van der Waals surface area contributed by atoms with Gasteiger partial charge >= 0.3 is 0 Å². The Labute approximate surface area is 117 Å². The zero-order valence-electron chi connectivity index (χ0n) is 10.6. The molecule has 18 heavy (non-hydrogen) atoms. The van der Waals surface area contributed by atoms with Crippen LogP contribution in [0.5, 0.6) is 0 Å². The van der Waals surface area contributed by atoms with Crippen LogP contribution in [-0.4, -0.2) is 30.5 Å². The van der Waals surface area contributed by atoms with Crippen molar-refractivity contribution in [2.75, 3.05) is 12.0 Å². The average Bonchev–Trinajstić information content (AvgIpc) is 2.86. The van der Waals surface area contributed by atoms with Crippen LogP contribution in [0.3, 0.4) is 0 Å². The number of alkyl halides is 2. The summed E-state index contributed by atoms with van der Waals surface area (Å²) in [5.41, 5.74) is 1.09. The van der Waals surface area contributed by atoms with Gasteiger partial charge < -0.3 is 0 Å². The molecular weight excluding hydrogens is 297 g/mol. The fourth-order valence-corrected chi connectivity index (χ4v) is 7.32. The molecule has 1 saturated heterocycles. The summed E-state index contributed by atoms with van der Waals surface area (Å²) in [5, 5.41) is 0. The van der Waals surface area contributed by atoms with Gasteiger partial charge in [-0.05, 0) is 18.3 Å². The van der Waals surface area contributed by atoms with E-state index in [2.05, 4.69) is 5.48 Å². The molecule has 2 saturated carbocycles. The molecule has 7 heteroatoms. The Bertz CT molecular complexity index is 512. The van der Waals surface area contributed by atoms with Crippen molar-refractivity contribution in [3.05, 3.63) is 0 Å². The molecule has 0 radical (unpaired) electrons. The van der Waals surface area contributed by atoms with Gasteiger partial charge in [0.2, 0.25) is 5.72 Å². The smallest absolute Gasteiger partial charge is 0.201 e. The number of rotatable bonds is 2. The highest BCUT2D eigenvalue weighted by molar-refractivity contribution is 7.90. The largest absolute Gasteiger partial charge is 0.271 e. The fourth-order valence-electron chi connectivity index (χ4n) is 4.43. The molecule has 3 unspecified atom stereocenters. The second-order valence-electron chi connectivity index (χ2n) is 6.47. The highest BCUT2D eigenvalue weighted by Crippen LogP contribution is 2.79. The zero-order valence-corrected chi connectivity index (χ0v) is 12.9. The summed E-state index contributed by atoms with van der Waals surface area (Å²) in [6.45, 7) is 4.10. The molecule has 0 amide bonds. The third kappa shape index (κ3) is 1.23. The predicted molar refractivity (Wildman–Crippen MR) is 70.0 cm³/mol. The Balaban J connectivity index is 2.18. The van der Waals surface area contributed by atoms with Crippen LogP contribution >= 0.6 is 23.2 Å². The minimum Gasteiger partial charge on any atom is -0.271 e. The van der Waals surface area contributed by atoms with Crippen molar-refractivity contribution < 1.29 is 13.3 Å². The van der Waals surface area contributed by atoms with E-state index in [-0.39, 0.29) is 17.1 Å². The van der Waals surface area contributed by atoms with E-state index in [0.717, 1.165) is 12.8 Å². The van der Waals surface area contributed by atoms with Crippen LogP contribution in [0.4, 0.5) is 0 Å². The number of halogens is 2. The molecule has 0 aromatic rings. The van der Waals surface area contributed by atoms with E-state index in [4.69, 9.17) is 28.0 Å². The van der Waals surface area contributed by atoms with Crippen molar-refractivity contribution in [2.24, 2.45) is 16.7 Å². The summed E-state index contributed by atoms with van der Waals surface area (Å²) < 4.78 is 22.6. The van der Waals surface area contributed by atoms with Crippen LogP contribution < -0.4 is 5.48 Å². The first-order valence-corrected chi connectivity index (χ1v) is 8.83. The van der Waals surface area contributed by atoms with E-state index in [9.17, 15) is 8.42 Å². The highest BCUT2D eigenvalue weighted by Gasteiger charge is 2.88. The maximum atomic E-state index is 11.8. The van der Waals surface area contributed by atoms with Crippen molar-refractivity contribution in [1.29, 1.82) is 0 Å². The van der Waals surface area contributed by atoms with E-state index >= 15 is 0 Å². The molecule has 1 heterocycles. The van der Waals surface area contributed by atoms with Crippen molar-refractivity contribution >= 4 is 33.0 Å². The molecule has 1 N–H and O–H groups in total. The Kier molecular flexibility index (Phi) is 2.38. The van der Waals surface area contributed by atoms with Crippen LogP contribution in [0.1, 0.15) is 26.7 Å². The third-order valence-electron chi connectivity index (χ3n) is 5.36. The van der Waals surface area contributed by atoms with Crippen molar-refractivity contribution in [2.45, 2.75) is 36.7 Å². The molecule has 0 aromatic carbocycles. The van der Waals surface area contributed by atoms with Crippen LogP contribution in [0.2, 0.25) is 0 Å². The van der Waals surface area contributed by atoms with Crippen LogP contribution in [0, 0.1) is 16.7 Å². The molecule has 2 bridgehead atoms. The first kappa shape index (κ1) is 13.4. The van der Waals surface area contributed by atoms with Gasteiger partial charge in [-0.15, -0.1) is 0 Å². The molecular formula is C11H17Cl2NO3S. The fraction of sp³-hybridized carbons (Fsp3) is 1.00. The monoisotopic (exact) mass is 313 g/mol. The van der Waals surface area contributed by atoms with Gasteiger partial charge in [-0.25, -0.2) is 8.42 Å². The molecule has 1 aliphatic heterocycles. The summed E-state index contributed by atoms with van der Waals surface area (Å²) in [7, 11) is -3.14.